The van der Waals surface area contributed by atoms with Crippen LogP contribution in [0.15, 0.2) is 49.1 Å². The molecule has 3 heterocycles. The van der Waals surface area contributed by atoms with Gasteiger partial charge in [0.15, 0.2) is 0 Å². The highest BCUT2D eigenvalue weighted by molar-refractivity contribution is 5.95. The van der Waals surface area contributed by atoms with Gasteiger partial charge in [0.2, 0.25) is 5.91 Å². The fraction of sp³-hybridized carbons (Fsp3) is 0.433. The van der Waals surface area contributed by atoms with Crippen LogP contribution in [-0.4, -0.2) is 89.7 Å². The summed E-state index contributed by atoms with van der Waals surface area (Å²) in [6.45, 7) is 11.8. The second-order valence-corrected chi connectivity index (χ2v) is 10.8. The molecule has 2 aliphatic rings. The quantitative estimate of drug-likeness (QED) is 0.465. The van der Waals surface area contributed by atoms with Gasteiger partial charge in [-0.3, -0.25) is 4.79 Å². The minimum atomic E-state index is -0.0832. The van der Waals surface area contributed by atoms with Gasteiger partial charge in [-0.2, -0.15) is 9.97 Å². The number of aromatic nitrogens is 2. The normalized spacial score (nSPS) is 18.3. The van der Waals surface area contributed by atoms with Gasteiger partial charge in [-0.05, 0) is 51.9 Å². The molecule has 2 aliphatic heterocycles. The Morgan fingerprint density at radius 1 is 1.23 bits per heavy atom. The van der Waals surface area contributed by atoms with Crippen molar-refractivity contribution in [2.24, 2.45) is 0 Å². The molecule has 2 aromatic carbocycles. The number of hydrogen-bond donors (Lipinski definition) is 1. The Bertz CT molecular complexity index is 1380. The Morgan fingerprint density at radius 2 is 2.03 bits per heavy atom. The molecule has 0 aliphatic carbocycles. The van der Waals surface area contributed by atoms with Crippen molar-refractivity contribution in [2.75, 3.05) is 56.6 Å². The molecule has 206 valence electrons. The number of fused-ring (bicyclic) bond motifs is 2. The van der Waals surface area contributed by atoms with E-state index in [4.69, 9.17) is 14.7 Å². The molecule has 1 saturated heterocycles. The predicted molar refractivity (Wildman–Crippen MR) is 155 cm³/mol. The first-order chi connectivity index (χ1) is 18.7. The molecule has 2 atom stereocenters. The zero-order chi connectivity index (χ0) is 27.7. The van der Waals surface area contributed by atoms with Gasteiger partial charge in [-0.1, -0.05) is 30.8 Å². The smallest absolute Gasteiger partial charge is 0.318 e. The Hall–Kier alpha value is -3.85. The number of nitrogens with zero attached hydrogens (tertiary/aromatic N) is 6. The van der Waals surface area contributed by atoms with Crippen LogP contribution in [-0.2, 0) is 17.8 Å². The zero-order valence-electron chi connectivity index (χ0n) is 23.3. The van der Waals surface area contributed by atoms with E-state index in [0.717, 1.165) is 53.0 Å². The van der Waals surface area contributed by atoms with Crippen LogP contribution in [0.2, 0.25) is 0 Å². The molecule has 0 unspecified atom stereocenters. The number of anilines is 2. The first-order valence-electron chi connectivity index (χ1n) is 13.6. The molecule has 1 aromatic heterocycles. The Labute approximate surface area is 230 Å². The number of likely N-dealkylation sites (N-methyl/N-ethyl adjacent to an activating group) is 1. The van der Waals surface area contributed by atoms with Gasteiger partial charge in [-0.25, -0.2) is 0 Å². The Kier molecular flexibility index (Phi) is 7.61. The van der Waals surface area contributed by atoms with Crippen molar-refractivity contribution in [1.29, 1.82) is 0 Å². The van der Waals surface area contributed by atoms with E-state index in [-0.39, 0.29) is 23.8 Å². The second-order valence-electron chi connectivity index (χ2n) is 10.8. The van der Waals surface area contributed by atoms with E-state index >= 15 is 0 Å². The van der Waals surface area contributed by atoms with Gasteiger partial charge in [0.25, 0.3) is 0 Å². The molecule has 0 bridgehead atoms. The summed E-state index contributed by atoms with van der Waals surface area (Å²) in [6, 6.07) is 12.2. The molecule has 3 aromatic rings. The number of amides is 1. The second kappa shape index (κ2) is 11.1. The standard InChI is InChI=1S/C30H38N6O3/c1-6-28(38)35-13-14-36(20(2)17-35)29-25-11-12-34(27-16-23(37)15-22-9-7-8-10-24(22)27)19-26(25)31-30(32-29)39-21(3)18-33(4)5/h6-10,15-16,20-21,37H,1,11-14,17-19H2,2-5H3/t20-,21+/m0/s1. The van der Waals surface area contributed by atoms with E-state index < -0.39 is 0 Å². The SMILES string of the molecule is C=CC(=O)N1CCN(c2nc(O[C@H](C)CN(C)C)nc3c2CCN(c2cc(O)cc4ccccc24)C3)[C@@H](C)C1. The molecule has 1 amide bonds. The van der Waals surface area contributed by atoms with Crippen LogP contribution in [0.25, 0.3) is 10.8 Å². The average Bonchev–Trinajstić information content (AvgIpc) is 2.90. The molecule has 5 rings (SSSR count). The van der Waals surface area contributed by atoms with Crippen molar-refractivity contribution in [3.05, 3.63) is 60.3 Å². The fourth-order valence-electron chi connectivity index (χ4n) is 5.75. The van der Waals surface area contributed by atoms with Crippen molar-refractivity contribution < 1.29 is 14.6 Å². The predicted octanol–water partition coefficient (Wildman–Crippen LogP) is 3.45. The number of aromatic hydroxyl groups is 1. The number of phenols is 1. The summed E-state index contributed by atoms with van der Waals surface area (Å²) in [5.41, 5.74) is 3.05. The topological polar surface area (TPSA) is 85.3 Å². The highest BCUT2D eigenvalue weighted by Crippen LogP contribution is 2.37. The van der Waals surface area contributed by atoms with Gasteiger partial charge in [-0.15, -0.1) is 0 Å². The largest absolute Gasteiger partial charge is 0.508 e. The maximum absolute atomic E-state index is 12.3. The van der Waals surface area contributed by atoms with Gasteiger partial charge >= 0.3 is 6.01 Å². The van der Waals surface area contributed by atoms with Gasteiger partial charge in [0.1, 0.15) is 17.7 Å². The van der Waals surface area contributed by atoms with Crippen LogP contribution >= 0.6 is 0 Å². The van der Waals surface area contributed by atoms with Gasteiger partial charge < -0.3 is 29.4 Å². The van der Waals surface area contributed by atoms with E-state index in [2.05, 4.69) is 34.3 Å². The summed E-state index contributed by atoms with van der Waals surface area (Å²) in [6.07, 6.45) is 2.06. The van der Waals surface area contributed by atoms with Crippen LogP contribution < -0.4 is 14.5 Å². The van der Waals surface area contributed by atoms with Gasteiger partial charge in [0, 0.05) is 61.5 Å². The van der Waals surface area contributed by atoms with E-state index in [9.17, 15) is 9.90 Å². The van der Waals surface area contributed by atoms with Crippen LogP contribution in [0.4, 0.5) is 11.5 Å². The van der Waals surface area contributed by atoms with Gasteiger partial charge in [0.05, 0.1) is 12.2 Å². The average molecular weight is 531 g/mol. The molecule has 39 heavy (non-hydrogen) atoms. The van der Waals surface area contributed by atoms with Crippen LogP contribution in [0.1, 0.15) is 25.1 Å². The van der Waals surface area contributed by atoms with Crippen LogP contribution in [0.5, 0.6) is 11.8 Å². The molecule has 0 radical (unpaired) electrons. The lowest BCUT2D eigenvalue weighted by Gasteiger charge is -2.42. The van der Waals surface area contributed by atoms with E-state index in [1.54, 1.807) is 6.07 Å². The number of benzene rings is 2. The van der Waals surface area contributed by atoms with Crippen LogP contribution in [0, 0.1) is 0 Å². The molecule has 0 saturated carbocycles. The molecular formula is C30H38N6O3. The van der Waals surface area contributed by atoms with Crippen molar-refractivity contribution in [2.45, 2.75) is 39.0 Å². The van der Waals surface area contributed by atoms with Crippen LogP contribution in [0.3, 0.4) is 0 Å². The number of piperazine rings is 1. The zero-order valence-corrected chi connectivity index (χ0v) is 23.3. The Balaban J connectivity index is 1.51. The molecule has 1 fully saturated rings. The van der Waals surface area contributed by atoms with Crippen molar-refractivity contribution in [1.82, 2.24) is 19.8 Å². The first-order valence-corrected chi connectivity index (χ1v) is 13.6. The monoisotopic (exact) mass is 530 g/mol. The van der Waals surface area contributed by atoms with Crippen molar-refractivity contribution in [3.63, 3.8) is 0 Å². The maximum Gasteiger partial charge on any atom is 0.318 e. The lowest BCUT2D eigenvalue weighted by Crippen LogP contribution is -2.54. The third-order valence-electron chi connectivity index (χ3n) is 7.50. The summed E-state index contributed by atoms with van der Waals surface area (Å²) in [7, 11) is 4.03. The number of hydrogen-bond acceptors (Lipinski definition) is 8. The molecule has 9 heteroatoms. The van der Waals surface area contributed by atoms with Crippen molar-refractivity contribution >= 4 is 28.2 Å². The molecule has 0 spiro atoms. The summed E-state index contributed by atoms with van der Waals surface area (Å²) >= 11 is 0. The number of carbonyl (C=O) groups excluding carboxylic acids is 1. The minimum Gasteiger partial charge on any atom is -0.508 e. The third-order valence-corrected chi connectivity index (χ3v) is 7.50. The highest BCUT2D eigenvalue weighted by atomic mass is 16.5. The summed E-state index contributed by atoms with van der Waals surface area (Å²) < 4.78 is 6.24. The highest BCUT2D eigenvalue weighted by Gasteiger charge is 2.32. The molecule has 9 nitrogen and oxygen atoms in total. The molecular weight excluding hydrogens is 492 g/mol. The Morgan fingerprint density at radius 3 is 2.77 bits per heavy atom. The summed E-state index contributed by atoms with van der Waals surface area (Å²) in [5, 5.41) is 12.6. The first kappa shape index (κ1) is 26.7. The van der Waals surface area contributed by atoms with Crippen molar-refractivity contribution in [3.8, 4) is 11.8 Å². The van der Waals surface area contributed by atoms with E-state index in [0.29, 0.717) is 32.2 Å². The fourth-order valence-corrected chi connectivity index (χ4v) is 5.75. The van der Waals surface area contributed by atoms with E-state index in [1.165, 1.54) is 6.08 Å². The summed E-state index contributed by atoms with van der Waals surface area (Å²) in [4.78, 5) is 30.6. The number of carbonyl (C=O) groups is 1. The summed E-state index contributed by atoms with van der Waals surface area (Å²) in [5.74, 6) is 1.10. The lowest BCUT2D eigenvalue weighted by atomic mass is 10.0. The third kappa shape index (κ3) is 5.63. The number of rotatable bonds is 7. The number of ether oxygens (including phenoxy) is 1. The van der Waals surface area contributed by atoms with E-state index in [1.807, 2.05) is 50.2 Å². The maximum atomic E-state index is 12.3. The number of phenolic OH excluding ortho intramolecular Hbond substituents is 1. The minimum absolute atomic E-state index is 0.0401. The molecule has 1 N–H and O–H groups in total. The lowest BCUT2D eigenvalue weighted by molar-refractivity contribution is -0.126.